The van der Waals surface area contributed by atoms with Crippen LogP contribution in [0, 0.1) is 11.8 Å². The van der Waals surface area contributed by atoms with E-state index in [4.69, 9.17) is 9.94 Å². The zero-order chi connectivity index (χ0) is 12.1. The van der Waals surface area contributed by atoms with Crippen LogP contribution in [0.5, 0.6) is 0 Å². The van der Waals surface area contributed by atoms with Crippen molar-refractivity contribution in [3.8, 4) is 0 Å². The van der Waals surface area contributed by atoms with Crippen LogP contribution in [0.2, 0.25) is 0 Å². The van der Waals surface area contributed by atoms with Gasteiger partial charge >= 0.3 is 0 Å². The van der Waals surface area contributed by atoms with Gasteiger partial charge in [0.25, 0.3) is 0 Å². The molecule has 0 aromatic rings. The summed E-state index contributed by atoms with van der Waals surface area (Å²) in [6.45, 7) is 0. The Morgan fingerprint density at radius 1 is 1.41 bits per heavy atom. The second-order valence-electron chi connectivity index (χ2n) is 4.74. The van der Waals surface area contributed by atoms with Crippen LogP contribution in [0.25, 0.3) is 0 Å². The lowest BCUT2D eigenvalue weighted by Crippen LogP contribution is -2.47. The number of hydrogen-bond acceptors (Lipinski definition) is 4. The molecule has 0 spiro atoms. The van der Waals surface area contributed by atoms with Crippen molar-refractivity contribution in [3.63, 3.8) is 0 Å². The number of nitrogens with zero attached hydrogens (tertiary/aromatic N) is 2. The van der Waals surface area contributed by atoms with E-state index in [1.165, 1.54) is 25.5 Å². The van der Waals surface area contributed by atoms with E-state index in [0.29, 0.717) is 5.92 Å². The van der Waals surface area contributed by atoms with E-state index in [1.807, 2.05) is 12.2 Å². The number of methoxy groups -OCH3 is 1. The van der Waals surface area contributed by atoms with Crippen molar-refractivity contribution >= 4 is 12.4 Å². The molecular formula is C13H20N2O2. The Labute approximate surface area is 102 Å². The molecule has 2 aliphatic rings. The molecule has 0 bridgehead atoms. The van der Waals surface area contributed by atoms with E-state index in [1.54, 1.807) is 13.3 Å². The number of allylic oxidation sites excluding steroid dienone is 1. The summed E-state index contributed by atoms with van der Waals surface area (Å²) < 4.78 is 5.73. The third kappa shape index (κ3) is 2.27. The topological polar surface area (TPSA) is 54.2 Å². The van der Waals surface area contributed by atoms with Crippen LogP contribution >= 0.6 is 0 Å². The Hall–Kier alpha value is -1.16. The van der Waals surface area contributed by atoms with Crippen molar-refractivity contribution in [3.05, 3.63) is 12.2 Å². The maximum absolute atomic E-state index is 8.77. The molecule has 1 heterocycles. The fourth-order valence-electron chi connectivity index (χ4n) is 3.03. The Morgan fingerprint density at radius 3 is 2.82 bits per heavy atom. The molecule has 0 aromatic heterocycles. The molecule has 1 saturated carbocycles. The molecule has 2 rings (SSSR count). The molecule has 4 heteroatoms. The molecule has 0 amide bonds. The molecule has 94 valence electrons. The minimum Gasteiger partial charge on any atom is -0.411 e. The van der Waals surface area contributed by atoms with Gasteiger partial charge in [-0.1, -0.05) is 25.3 Å². The molecule has 0 saturated heterocycles. The first-order valence-corrected chi connectivity index (χ1v) is 6.28. The van der Waals surface area contributed by atoms with Crippen LogP contribution in [0.1, 0.15) is 32.1 Å². The second-order valence-corrected chi connectivity index (χ2v) is 4.74. The molecule has 2 atom stereocenters. The number of rotatable bonds is 3. The molecule has 2 unspecified atom stereocenters. The summed E-state index contributed by atoms with van der Waals surface area (Å²) >= 11 is 0. The molecule has 0 radical (unpaired) electrons. The van der Waals surface area contributed by atoms with Crippen molar-refractivity contribution in [2.75, 3.05) is 7.11 Å². The lowest BCUT2D eigenvalue weighted by molar-refractivity contribution is -0.0767. The van der Waals surface area contributed by atoms with E-state index < -0.39 is 5.72 Å². The van der Waals surface area contributed by atoms with Crippen LogP contribution in [0.3, 0.4) is 0 Å². The van der Waals surface area contributed by atoms with Gasteiger partial charge < -0.3 is 9.94 Å². The number of ether oxygens (including phenoxy) is 1. The molecule has 1 N–H and O–H groups in total. The van der Waals surface area contributed by atoms with E-state index in [9.17, 15) is 0 Å². The number of hydrogen-bond donors (Lipinski definition) is 1. The van der Waals surface area contributed by atoms with Crippen LogP contribution in [-0.2, 0) is 4.74 Å². The van der Waals surface area contributed by atoms with Crippen LogP contribution in [0.4, 0.5) is 0 Å². The fourth-order valence-corrected chi connectivity index (χ4v) is 3.03. The summed E-state index contributed by atoms with van der Waals surface area (Å²) in [4.78, 5) is 4.57. The normalized spacial score (nSPS) is 34.5. The Morgan fingerprint density at radius 2 is 2.18 bits per heavy atom. The monoisotopic (exact) mass is 236 g/mol. The smallest absolute Gasteiger partial charge is 0.172 e. The SMILES string of the molecule is COC1(C2CCCCC2)N=CC=CC1C=NO. The lowest BCUT2D eigenvalue weighted by atomic mass is 9.75. The molecule has 1 fully saturated rings. The second kappa shape index (κ2) is 5.45. The van der Waals surface area contributed by atoms with Gasteiger partial charge in [-0.3, -0.25) is 4.99 Å². The summed E-state index contributed by atoms with van der Waals surface area (Å²) in [7, 11) is 1.70. The first kappa shape index (κ1) is 12.3. The highest BCUT2D eigenvalue weighted by molar-refractivity contribution is 5.77. The molecule has 1 aliphatic carbocycles. The molecular weight excluding hydrogens is 216 g/mol. The maximum atomic E-state index is 8.77. The first-order valence-electron chi connectivity index (χ1n) is 6.28. The van der Waals surface area contributed by atoms with Gasteiger partial charge in [0.15, 0.2) is 5.72 Å². The van der Waals surface area contributed by atoms with Gasteiger partial charge in [-0.05, 0) is 18.9 Å². The van der Waals surface area contributed by atoms with Crippen molar-refractivity contribution in [1.82, 2.24) is 0 Å². The summed E-state index contributed by atoms with van der Waals surface area (Å²) in [5.41, 5.74) is -0.568. The van der Waals surface area contributed by atoms with E-state index in [2.05, 4.69) is 10.1 Å². The predicted molar refractivity (Wildman–Crippen MR) is 67.7 cm³/mol. The van der Waals surface area contributed by atoms with E-state index >= 15 is 0 Å². The summed E-state index contributed by atoms with van der Waals surface area (Å²) in [6.07, 6.45) is 13.2. The summed E-state index contributed by atoms with van der Waals surface area (Å²) in [5.74, 6) is 0.330. The van der Waals surface area contributed by atoms with Gasteiger partial charge in [0.2, 0.25) is 0 Å². The van der Waals surface area contributed by atoms with Gasteiger partial charge in [0.1, 0.15) is 0 Å². The van der Waals surface area contributed by atoms with Gasteiger partial charge in [-0.15, -0.1) is 5.16 Å². The highest BCUT2D eigenvalue weighted by Gasteiger charge is 2.45. The van der Waals surface area contributed by atoms with Crippen LogP contribution < -0.4 is 0 Å². The third-order valence-corrected chi connectivity index (χ3v) is 3.90. The maximum Gasteiger partial charge on any atom is 0.172 e. The number of dihydropyridines is 1. The molecule has 1 aliphatic heterocycles. The Kier molecular flexibility index (Phi) is 3.94. The van der Waals surface area contributed by atoms with Crippen molar-refractivity contribution in [2.24, 2.45) is 22.0 Å². The standard InChI is InChI=1S/C13H20N2O2/c1-17-13(11-6-3-2-4-7-11)12(10-15-16)8-5-9-14-13/h5,8-12,16H,2-4,6-7H2,1H3. The zero-order valence-electron chi connectivity index (χ0n) is 10.2. The Bertz CT molecular complexity index is 332. The summed E-state index contributed by atoms with van der Waals surface area (Å²) in [6, 6.07) is 0. The predicted octanol–water partition coefficient (Wildman–Crippen LogP) is 2.63. The minimum absolute atomic E-state index is 0.0781. The van der Waals surface area contributed by atoms with E-state index in [0.717, 1.165) is 12.8 Å². The largest absolute Gasteiger partial charge is 0.411 e. The van der Waals surface area contributed by atoms with Gasteiger partial charge in [0, 0.05) is 19.2 Å². The lowest BCUT2D eigenvalue weighted by Gasteiger charge is -2.42. The molecule has 17 heavy (non-hydrogen) atoms. The average molecular weight is 236 g/mol. The van der Waals surface area contributed by atoms with Crippen LogP contribution in [-0.4, -0.2) is 30.5 Å². The zero-order valence-corrected chi connectivity index (χ0v) is 10.2. The highest BCUT2D eigenvalue weighted by atomic mass is 16.5. The highest BCUT2D eigenvalue weighted by Crippen LogP contribution is 2.41. The third-order valence-electron chi connectivity index (χ3n) is 3.90. The minimum atomic E-state index is -0.568. The van der Waals surface area contributed by atoms with Crippen LogP contribution in [0.15, 0.2) is 22.3 Å². The van der Waals surface area contributed by atoms with Gasteiger partial charge in [-0.25, -0.2) is 0 Å². The fraction of sp³-hybridized carbons (Fsp3) is 0.692. The van der Waals surface area contributed by atoms with Gasteiger partial charge in [0.05, 0.1) is 12.1 Å². The van der Waals surface area contributed by atoms with Gasteiger partial charge in [-0.2, -0.15) is 0 Å². The molecule has 4 nitrogen and oxygen atoms in total. The van der Waals surface area contributed by atoms with E-state index in [-0.39, 0.29) is 5.92 Å². The van der Waals surface area contributed by atoms with Crippen molar-refractivity contribution < 1.29 is 9.94 Å². The number of aliphatic imine (C=N–C) groups is 1. The van der Waals surface area contributed by atoms with Crippen molar-refractivity contribution in [1.29, 1.82) is 0 Å². The van der Waals surface area contributed by atoms with Crippen molar-refractivity contribution in [2.45, 2.75) is 37.8 Å². The first-order chi connectivity index (χ1) is 8.33. The average Bonchev–Trinajstić information content (AvgIpc) is 2.41. The quantitative estimate of drug-likeness (QED) is 0.465. The Balaban J connectivity index is 2.26. The summed E-state index contributed by atoms with van der Waals surface area (Å²) in [5, 5.41) is 11.9. The molecule has 0 aromatic carbocycles. The number of oxime groups is 1.